The summed E-state index contributed by atoms with van der Waals surface area (Å²) in [7, 11) is 0. The molecule has 6 heteroatoms. The molecule has 0 saturated heterocycles. The summed E-state index contributed by atoms with van der Waals surface area (Å²) in [6, 6.07) is 0. The number of anilines is 1. The van der Waals surface area contributed by atoms with Gasteiger partial charge >= 0.3 is 0 Å². The number of aromatic amines is 1. The molecule has 6 nitrogen and oxygen atoms in total. The van der Waals surface area contributed by atoms with E-state index in [0.29, 0.717) is 18.1 Å². The SMILES string of the molecule is C=CCCOc1nc(N)nc2[nH]ncc12. The van der Waals surface area contributed by atoms with Crippen molar-refractivity contribution in [3.8, 4) is 5.88 Å². The molecule has 0 aliphatic heterocycles. The maximum atomic E-state index is 5.52. The molecule has 2 rings (SSSR count). The zero-order valence-electron chi connectivity index (χ0n) is 8.10. The number of rotatable bonds is 4. The van der Waals surface area contributed by atoms with Crippen molar-refractivity contribution in [2.45, 2.75) is 6.42 Å². The lowest BCUT2D eigenvalue weighted by atomic mass is 10.4. The Morgan fingerprint density at radius 2 is 2.40 bits per heavy atom. The van der Waals surface area contributed by atoms with Crippen molar-refractivity contribution >= 4 is 17.0 Å². The van der Waals surface area contributed by atoms with Gasteiger partial charge < -0.3 is 10.5 Å². The highest BCUT2D eigenvalue weighted by Gasteiger charge is 2.08. The van der Waals surface area contributed by atoms with Gasteiger partial charge in [-0.25, -0.2) is 0 Å². The van der Waals surface area contributed by atoms with Crippen molar-refractivity contribution in [2.24, 2.45) is 0 Å². The fraction of sp³-hybridized carbons (Fsp3) is 0.222. The molecule has 0 atom stereocenters. The van der Waals surface area contributed by atoms with E-state index in [2.05, 4.69) is 26.7 Å². The quantitative estimate of drug-likeness (QED) is 0.571. The lowest BCUT2D eigenvalue weighted by Crippen LogP contribution is -2.02. The standard InChI is InChI=1S/C9H11N5O/c1-2-3-4-15-8-6-5-11-14-7(6)12-9(10)13-8/h2,5H,1,3-4H2,(H3,10,11,12,13,14). The zero-order valence-corrected chi connectivity index (χ0v) is 8.10. The van der Waals surface area contributed by atoms with Gasteiger partial charge in [-0.05, 0) is 6.42 Å². The molecule has 2 aromatic heterocycles. The van der Waals surface area contributed by atoms with Crippen LogP contribution in [0.3, 0.4) is 0 Å². The van der Waals surface area contributed by atoms with Crippen LogP contribution in [0, 0.1) is 0 Å². The van der Waals surface area contributed by atoms with Crippen molar-refractivity contribution in [1.29, 1.82) is 0 Å². The molecule has 2 heterocycles. The first-order valence-corrected chi connectivity index (χ1v) is 4.51. The van der Waals surface area contributed by atoms with Crippen molar-refractivity contribution in [3.05, 3.63) is 18.9 Å². The normalized spacial score (nSPS) is 10.4. The van der Waals surface area contributed by atoms with Gasteiger partial charge in [-0.2, -0.15) is 15.1 Å². The highest BCUT2D eigenvalue weighted by Crippen LogP contribution is 2.20. The summed E-state index contributed by atoms with van der Waals surface area (Å²) >= 11 is 0. The number of nitrogens with two attached hydrogens (primary N) is 1. The number of H-pyrrole nitrogens is 1. The largest absolute Gasteiger partial charge is 0.477 e. The zero-order chi connectivity index (χ0) is 10.7. The van der Waals surface area contributed by atoms with Crippen LogP contribution in [0.25, 0.3) is 11.0 Å². The molecule has 0 amide bonds. The molecule has 0 unspecified atom stereocenters. The Balaban J connectivity index is 2.31. The number of nitrogen functional groups attached to an aromatic ring is 1. The Bertz CT molecular complexity index is 478. The van der Waals surface area contributed by atoms with E-state index < -0.39 is 0 Å². The van der Waals surface area contributed by atoms with E-state index in [-0.39, 0.29) is 5.95 Å². The van der Waals surface area contributed by atoms with E-state index in [0.717, 1.165) is 11.8 Å². The Morgan fingerprint density at radius 3 is 3.20 bits per heavy atom. The maximum absolute atomic E-state index is 5.52. The Kier molecular flexibility index (Phi) is 2.49. The third-order valence-corrected chi connectivity index (χ3v) is 1.85. The number of hydrogen-bond donors (Lipinski definition) is 2. The molecule has 15 heavy (non-hydrogen) atoms. The lowest BCUT2D eigenvalue weighted by Gasteiger charge is -2.04. The number of hydrogen-bond acceptors (Lipinski definition) is 5. The van der Waals surface area contributed by atoms with Crippen LogP contribution in [0.4, 0.5) is 5.95 Å². The van der Waals surface area contributed by atoms with Gasteiger partial charge in [0, 0.05) is 0 Å². The van der Waals surface area contributed by atoms with E-state index in [9.17, 15) is 0 Å². The minimum atomic E-state index is 0.167. The third kappa shape index (κ3) is 1.88. The Labute approximate surface area is 86.2 Å². The maximum Gasteiger partial charge on any atom is 0.229 e. The number of aromatic nitrogens is 4. The topological polar surface area (TPSA) is 89.7 Å². The highest BCUT2D eigenvalue weighted by atomic mass is 16.5. The molecular weight excluding hydrogens is 194 g/mol. The number of nitrogens with one attached hydrogen (secondary N) is 1. The van der Waals surface area contributed by atoms with Crippen LogP contribution >= 0.6 is 0 Å². The molecule has 0 aliphatic carbocycles. The van der Waals surface area contributed by atoms with E-state index in [1.54, 1.807) is 12.3 Å². The summed E-state index contributed by atoms with van der Waals surface area (Å²) in [6.45, 7) is 4.12. The lowest BCUT2D eigenvalue weighted by molar-refractivity contribution is 0.317. The van der Waals surface area contributed by atoms with Crippen LogP contribution in [0.1, 0.15) is 6.42 Å². The van der Waals surface area contributed by atoms with Gasteiger partial charge in [0.2, 0.25) is 11.8 Å². The first kappa shape index (κ1) is 9.45. The monoisotopic (exact) mass is 205 g/mol. The van der Waals surface area contributed by atoms with Crippen molar-refractivity contribution in [1.82, 2.24) is 20.2 Å². The molecule has 0 aromatic carbocycles. The van der Waals surface area contributed by atoms with Crippen molar-refractivity contribution < 1.29 is 4.74 Å². The van der Waals surface area contributed by atoms with E-state index in [1.807, 2.05) is 0 Å². The third-order valence-electron chi connectivity index (χ3n) is 1.85. The number of nitrogens with zero attached hydrogens (tertiary/aromatic N) is 3. The van der Waals surface area contributed by atoms with E-state index >= 15 is 0 Å². The van der Waals surface area contributed by atoms with Gasteiger partial charge in [-0.15, -0.1) is 6.58 Å². The van der Waals surface area contributed by atoms with Crippen LogP contribution in [-0.4, -0.2) is 26.8 Å². The fourth-order valence-electron chi connectivity index (χ4n) is 1.17. The first-order chi connectivity index (χ1) is 7.31. The predicted molar refractivity (Wildman–Crippen MR) is 56.4 cm³/mol. The summed E-state index contributed by atoms with van der Waals surface area (Å²) in [5.41, 5.74) is 6.10. The Morgan fingerprint density at radius 1 is 1.53 bits per heavy atom. The first-order valence-electron chi connectivity index (χ1n) is 4.51. The van der Waals surface area contributed by atoms with Gasteiger partial charge in [0.15, 0.2) is 5.65 Å². The summed E-state index contributed by atoms with van der Waals surface area (Å²) < 4.78 is 5.44. The molecule has 0 aliphatic rings. The van der Waals surface area contributed by atoms with Crippen LogP contribution in [0.15, 0.2) is 18.9 Å². The van der Waals surface area contributed by atoms with Gasteiger partial charge in [0.05, 0.1) is 12.8 Å². The number of ether oxygens (including phenoxy) is 1. The smallest absolute Gasteiger partial charge is 0.229 e. The van der Waals surface area contributed by atoms with E-state index in [1.165, 1.54) is 0 Å². The van der Waals surface area contributed by atoms with Gasteiger partial charge in [0.25, 0.3) is 0 Å². The van der Waals surface area contributed by atoms with Crippen LogP contribution < -0.4 is 10.5 Å². The van der Waals surface area contributed by atoms with Gasteiger partial charge in [0.1, 0.15) is 5.39 Å². The van der Waals surface area contributed by atoms with Crippen molar-refractivity contribution in [2.75, 3.05) is 12.3 Å². The second-order valence-corrected chi connectivity index (χ2v) is 2.95. The Hall–Kier alpha value is -2.11. The molecule has 0 fully saturated rings. The van der Waals surface area contributed by atoms with E-state index in [4.69, 9.17) is 10.5 Å². The summed E-state index contributed by atoms with van der Waals surface area (Å²) in [5, 5.41) is 7.29. The summed E-state index contributed by atoms with van der Waals surface area (Å²) in [5.74, 6) is 0.619. The van der Waals surface area contributed by atoms with Gasteiger partial charge in [-0.1, -0.05) is 6.08 Å². The molecule has 2 aromatic rings. The minimum Gasteiger partial charge on any atom is -0.477 e. The second-order valence-electron chi connectivity index (χ2n) is 2.95. The molecule has 0 radical (unpaired) electrons. The average Bonchev–Trinajstić information content (AvgIpc) is 2.65. The van der Waals surface area contributed by atoms with Crippen LogP contribution in [0.2, 0.25) is 0 Å². The molecular formula is C9H11N5O. The minimum absolute atomic E-state index is 0.167. The molecule has 78 valence electrons. The van der Waals surface area contributed by atoms with Gasteiger partial charge in [-0.3, -0.25) is 5.10 Å². The average molecular weight is 205 g/mol. The summed E-state index contributed by atoms with van der Waals surface area (Å²) in [4.78, 5) is 7.97. The van der Waals surface area contributed by atoms with Crippen LogP contribution in [0.5, 0.6) is 5.88 Å². The highest BCUT2D eigenvalue weighted by molar-refractivity contribution is 5.80. The number of fused-ring (bicyclic) bond motifs is 1. The molecule has 3 N–H and O–H groups in total. The molecule has 0 spiro atoms. The molecule has 0 bridgehead atoms. The van der Waals surface area contributed by atoms with Crippen LogP contribution in [-0.2, 0) is 0 Å². The fourth-order valence-corrected chi connectivity index (χ4v) is 1.17. The molecule has 0 saturated carbocycles. The summed E-state index contributed by atoms with van der Waals surface area (Å²) in [6.07, 6.45) is 4.14. The predicted octanol–water partition coefficient (Wildman–Crippen LogP) is 0.890. The van der Waals surface area contributed by atoms with Crippen molar-refractivity contribution in [3.63, 3.8) is 0 Å². The second kappa shape index (κ2) is 3.95.